The molecule has 0 aliphatic carbocycles. The Kier molecular flexibility index (Phi) is 7.48. The number of urea groups is 1. The Hall–Kier alpha value is -2.58. The van der Waals surface area contributed by atoms with Gasteiger partial charge in [-0.05, 0) is 57.9 Å². The van der Waals surface area contributed by atoms with Gasteiger partial charge in [-0.1, -0.05) is 59.1 Å². The summed E-state index contributed by atoms with van der Waals surface area (Å²) in [4.78, 5) is 26.0. The number of carbonyl (C=O) groups excluding carboxylic acids is 2. The second kappa shape index (κ2) is 10.4. The highest BCUT2D eigenvalue weighted by molar-refractivity contribution is 9.10. The second-order valence-electron chi connectivity index (χ2n) is 7.31. The van der Waals surface area contributed by atoms with Crippen molar-refractivity contribution in [3.05, 3.63) is 102 Å². The Morgan fingerprint density at radius 2 is 1.76 bits per heavy atom. The van der Waals surface area contributed by atoms with Gasteiger partial charge in [0.15, 0.2) is 5.75 Å². The van der Waals surface area contributed by atoms with E-state index in [0.717, 1.165) is 10.5 Å². The Morgan fingerprint density at radius 3 is 2.47 bits per heavy atom. The largest absolute Gasteiger partial charge is 0.486 e. The third kappa shape index (κ3) is 5.39. The average Bonchev–Trinajstić information content (AvgIpc) is 3.03. The Balaban J connectivity index is 1.51. The van der Waals surface area contributed by atoms with Crippen LogP contribution in [0.4, 0.5) is 9.18 Å². The van der Waals surface area contributed by atoms with Crippen LogP contribution in [0.1, 0.15) is 16.7 Å². The summed E-state index contributed by atoms with van der Waals surface area (Å²) in [5.41, 5.74) is 1.56. The lowest BCUT2D eigenvalue weighted by molar-refractivity contribution is -0.123. The number of ether oxygens (including phenoxy) is 1. The molecule has 34 heavy (non-hydrogen) atoms. The van der Waals surface area contributed by atoms with E-state index in [2.05, 4.69) is 21.2 Å². The summed E-state index contributed by atoms with van der Waals surface area (Å²) >= 11 is 21.9. The third-order valence-electron chi connectivity index (χ3n) is 4.97. The van der Waals surface area contributed by atoms with Crippen molar-refractivity contribution in [3.8, 4) is 5.75 Å². The number of halogens is 5. The van der Waals surface area contributed by atoms with Crippen LogP contribution in [-0.4, -0.2) is 16.8 Å². The van der Waals surface area contributed by atoms with Gasteiger partial charge in [-0.25, -0.2) is 9.18 Å². The predicted octanol–water partition coefficient (Wildman–Crippen LogP) is 7.22. The first-order valence-electron chi connectivity index (χ1n) is 9.86. The van der Waals surface area contributed by atoms with Crippen LogP contribution in [-0.2, 0) is 17.9 Å². The highest BCUT2D eigenvalue weighted by Crippen LogP contribution is 2.36. The summed E-state index contributed by atoms with van der Waals surface area (Å²) in [7, 11) is 0. The van der Waals surface area contributed by atoms with Gasteiger partial charge in [0.2, 0.25) is 0 Å². The van der Waals surface area contributed by atoms with Crippen molar-refractivity contribution in [3.63, 3.8) is 0 Å². The average molecular weight is 585 g/mol. The zero-order valence-corrected chi connectivity index (χ0v) is 21.1. The minimum atomic E-state index is -0.635. The predicted molar refractivity (Wildman–Crippen MR) is 133 cm³/mol. The molecule has 1 aliphatic rings. The molecule has 10 heteroatoms. The SMILES string of the molecule is O=C1N/C(=C/c2cc(Cl)c(OCc3ccc(Cl)cc3Cl)c(Br)c2)C(=O)N1Cc1ccccc1F. The number of hydrogen-bond donors (Lipinski definition) is 1. The van der Waals surface area contributed by atoms with E-state index in [1.54, 1.807) is 36.4 Å². The molecule has 0 aromatic heterocycles. The van der Waals surface area contributed by atoms with E-state index < -0.39 is 17.8 Å². The fourth-order valence-electron chi connectivity index (χ4n) is 3.27. The number of imide groups is 1. The molecular weight excluding hydrogens is 570 g/mol. The Labute approximate surface area is 218 Å². The second-order valence-corrected chi connectivity index (χ2v) is 9.41. The van der Waals surface area contributed by atoms with Crippen molar-refractivity contribution in [1.29, 1.82) is 0 Å². The number of nitrogens with one attached hydrogen (secondary N) is 1. The van der Waals surface area contributed by atoms with Gasteiger partial charge in [-0.2, -0.15) is 0 Å². The summed E-state index contributed by atoms with van der Waals surface area (Å²) in [6.45, 7) is -0.0204. The van der Waals surface area contributed by atoms with E-state index in [4.69, 9.17) is 39.5 Å². The maximum atomic E-state index is 13.9. The Bertz CT molecular complexity index is 1310. The minimum Gasteiger partial charge on any atom is -0.486 e. The quantitative estimate of drug-likeness (QED) is 0.246. The number of benzene rings is 3. The van der Waals surface area contributed by atoms with Crippen LogP contribution in [0.25, 0.3) is 6.08 Å². The first kappa shape index (κ1) is 24.5. The maximum Gasteiger partial charge on any atom is 0.329 e. The van der Waals surface area contributed by atoms with Crippen LogP contribution < -0.4 is 10.1 Å². The molecule has 4 rings (SSSR count). The lowest BCUT2D eigenvalue weighted by Crippen LogP contribution is -2.30. The van der Waals surface area contributed by atoms with Gasteiger partial charge < -0.3 is 10.1 Å². The van der Waals surface area contributed by atoms with Gasteiger partial charge in [-0.3, -0.25) is 9.69 Å². The zero-order chi connectivity index (χ0) is 24.4. The van der Waals surface area contributed by atoms with E-state index in [1.807, 2.05) is 0 Å². The molecule has 0 bridgehead atoms. The molecule has 0 spiro atoms. The van der Waals surface area contributed by atoms with Crippen LogP contribution in [0.3, 0.4) is 0 Å². The van der Waals surface area contributed by atoms with E-state index in [1.165, 1.54) is 24.3 Å². The molecule has 1 N–H and O–H groups in total. The number of amides is 3. The van der Waals surface area contributed by atoms with E-state index in [0.29, 0.717) is 25.8 Å². The standard InChI is InChI=1S/C24H15BrCl3FN2O3/c25-17-7-13(8-19(28)22(17)34-12-15-5-6-16(26)10-18(15)27)9-21-23(32)31(24(33)30-21)11-14-3-1-2-4-20(14)29/h1-10H,11-12H2,(H,30,33)/b21-9+. The monoisotopic (exact) mass is 582 g/mol. The molecule has 0 unspecified atom stereocenters. The molecule has 0 saturated carbocycles. The highest BCUT2D eigenvalue weighted by atomic mass is 79.9. The molecule has 3 aromatic carbocycles. The topological polar surface area (TPSA) is 58.6 Å². The normalized spacial score (nSPS) is 14.6. The van der Waals surface area contributed by atoms with Crippen LogP contribution in [0.2, 0.25) is 15.1 Å². The molecule has 1 fully saturated rings. The molecule has 5 nitrogen and oxygen atoms in total. The molecule has 0 radical (unpaired) electrons. The summed E-state index contributed by atoms with van der Waals surface area (Å²) in [5.74, 6) is -0.678. The van der Waals surface area contributed by atoms with Crippen molar-refractivity contribution in [1.82, 2.24) is 10.2 Å². The van der Waals surface area contributed by atoms with Gasteiger partial charge in [-0.15, -0.1) is 0 Å². The lowest BCUT2D eigenvalue weighted by atomic mass is 10.1. The number of rotatable bonds is 6. The molecule has 3 aromatic rings. The lowest BCUT2D eigenvalue weighted by Gasteiger charge is -2.13. The number of hydrogen-bond acceptors (Lipinski definition) is 3. The van der Waals surface area contributed by atoms with Crippen molar-refractivity contribution < 1.29 is 18.7 Å². The van der Waals surface area contributed by atoms with Gasteiger partial charge in [0.1, 0.15) is 18.1 Å². The minimum absolute atomic E-state index is 0.0471. The Morgan fingerprint density at radius 1 is 1.00 bits per heavy atom. The van der Waals surface area contributed by atoms with Gasteiger partial charge >= 0.3 is 6.03 Å². The first-order valence-corrected chi connectivity index (χ1v) is 11.8. The number of carbonyl (C=O) groups is 2. The van der Waals surface area contributed by atoms with Crippen molar-refractivity contribution in [2.75, 3.05) is 0 Å². The van der Waals surface area contributed by atoms with E-state index >= 15 is 0 Å². The van der Waals surface area contributed by atoms with Crippen LogP contribution in [0.15, 0.2) is 64.8 Å². The van der Waals surface area contributed by atoms with Crippen LogP contribution in [0.5, 0.6) is 5.75 Å². The summed E-state index contributed by atoms with van der Waals surface area (Å²) < 4.78 is 20.3. The molecule has 3 amide bonds. The van der Waals surface area contributed by atoms with Gasteiger partial charge in [0.25, 0.3) is 5.91 Å². The van der Waals surface area contributed by atoms with E-state index in [-0.39, 0.29) is 29.4 Å². The number of nitrogens with zero attached hydrogens (tertiary/aromatic N) is 1. The molecule has 1 aliphatic heterocycles. The summed E-state index contributed by atoms with van der Waals surface area (Å²) in [6, 6.07) is 13.7. The zero-order valence-electron chi connectivity index (χ0n) is 17.2. The molecule has 0 atom stereocenters. The van der Waals surface area contributed by atoms with Crippen LogP contribution in [0, 0.1) is 5.82 Å². The first-order chi connectivity index (χ1) is 16.2. The molecular formula is C24H15BrCl3FN2O3. The summed E-state index contributed by atoms with van der Waals surface area (Å²) in [6.07, 6.45) is 1.48. The molecule has 174 valence electrons. The van der Waals surface area contributed by atoms with Crippen LogP contribution >= 0.6 is 50.7 Å². The maximum absolute atomic E-state index is 13.9. The van der Waals surface area contributed by atoms with Crippen molar-refractivity contribution in [2.45, 2.75) is 13.2 Å². The smallest absolute Gasteiger partial charge is 0.329 e. The molecule has 1 saturated heterocycles. The van der Waals surface area contributed by atoms with Crippen molar-refractivity contribution in [2.24, 2.45) is 0 Å². The fraction of sp³-hybridized carbons (Fsp3) is 0.0833. The van der Waals surface area contributed by atoms with Gasteiger partial charge in [0.05, 0.1) is 16.0 Å². The summed E-state index contributed by atoms with van der Waals surface area (Å²) in [5, 5.41) is 3.79. The van der Waals surface area contributed by atoms with Crippen molar-refractivity contribution >= 4 is 68.7 Å². The van der Waals surface area contributed by atoms with E-state index in [9.17, 15) is 14.0 Å². The van der Waals surface area contributed by atoms with Gasteiger partial charge in [0, 0.05) is 21.2 Å². The third-order valence-corrected chi connectivity index (χ3v) is 6.42. The fourth-order valence-corrected chi connectivity index (χ4v) is 4.72. The molecule has 1 heterocycles. The highest BCUT2D eigenvalue weighted by Gasteiger charge is 2.34.